The average Bonchev–Trinajstić information content (AvgIpc) is 2.49. The lowest BCUT2D eigenvalue weighted by molar-refractivity contribution is 0.482. The van der Waals surface area contributed by atoms with Crippen molar-refractivity contribution in [1.29, 1.82) is 5.26 Å². The molecule has 0 radical (unpaired) electrons. The third-order valence-electron chi connectivity index (χ3n) is 1.63. The number of nitrogens with zero attached hydrogens (tertiary/aromatic N) is 1. The van der Waals surface area contributed by atoms with Crippen LogP contribution in [0, 0.1) is 11.3 Å². The Kier molecular flexibility index (Phi) is 1.49. The van der Waals surface area contributed by atoms with E-state index in [1.807, 2.05) is 6.07 Å². The van der Waals surface area contributed by atoms with Crippen molar-refractivity contribution in [3.8, 4) is 11.8 Å². The molecular weight excluding hydrogens is 170 g/mol. The third kappa shape index (κ3) is 0.936. The van der Waals surface area contributed by atoms with E-state index in [1.165, 1.54) is 11.3 Å². The van der Waals surface area contributed by atoms with Gasteiger partial charge in [-0.05, 0) is 17.5 Å². The Morgan fingerprint density at radius 1 is 1.42 bits per heavy atom. The summed E-state index contributed by atoms with van der Waals surface area (Å²) in [4.78, 5) is 0.631. The Morgan fingerprint density at radius 3 is 2.92 bits per heavy atom. The molecule has 1 aromatic carbocycles. The summed E-state index contributed by atoms with van der Waals surface area (Å²) < 4.78 is 0.786. The molecule has 58 valence electrons. The molecule has 0 saturated heterocycles. The molecule has 0 fully saturated rings. The Labute approximate surface area is 73.3 Å². The summed E-state index contributed by atoms with van der Waals surface area (Å²) in [6.45, 7) is 0. The number of rotatable bonds is 0. The Hall–Kier alpha value is -1.53. The lowest BCUT2D eigenvalue weighted by atomic mass is 10.2. The zero-order valence-electron chi connectivity index (χ0n) is 6.11. The first kappa shape index (κ1) is 7.14. The summed E-state index contributed by atoms with van der Waals surface area (Å²) in [6, 6.07) is 9.10. The van der Waals surface area contributed by atoms with Crippen molar-refractivity contribution < 1.29 is 5.11 Å². The fraction of sp³-hybridized carbons (Fsp3) is 0. The molecule has 0 aliphatic heterocycles. The second-order valence-electron chi connectivity index (χ2n) is 2.42. The van der Waals surface area contributed by atoms with Gasteiger partial charge in [0.05, 0.1) is 4.70 Å². The normalized spacial score (nSPS) is 9.92. The molecule has 0 atom stereocenters. The van der Waals surface area contributed by atoms with E-state index in [0.717, 1.165) is 10.1 Å². The quantitative estimate of drug-likeness (QED) is 0.668. The molecule has 0 amide bonds. The number of phenols is 1. The molecule has 3 heteroatoms. The number of hydrogen-bond donors (Lipinski definition) is 1. The van der Waals surface area contributed by atoms with Crippen molar-refractivity contribution in [2.45, 2.75) is 0 Å². The predicted molar refractivity (Wildman–Crippen MR) is 48.2 cm³/mol. The zero-order chi connectivity index (χ0) is 8.55. The van der Waals surface area contributed by atoms with Gasteiger partial charge in [0.25, 0.3) is 0 Å². The molecular formula is C9H5NOS. The van der Waals surface area contributed by atoms with Crippen LogP contribution in [-0.2, 0) is 0 Å². The standard InChI is InChI=1S/C9H5NOS/c10-5-7-4-6-2-1-3-8(11)9(6)12-7/h1-4,11H. The number of aromatic hydroxyl groups is 1. The fourth-order valence-electron chi connectivity index (χ4n) is 1.10. The first-order valence-corrected chi connectivity index (χ1v) is 4.24. The topological polar surface area (TPSA) is 44.0 Å². The Morgan fingerprint density at radius 2 is 2.25 bits per heavy atom. The van der Waals surface area contributed by atoms with Crippen molar-refractivity contribution >= 4 is 21.4 Å². The highest BCUT2D eigenvalue weighted by molar-refractivity contribution is 7.19. The van der Waals surface area contributed by atoms with Gasteiger partial charge >= 0.3 is 0 Å². The lowest BCUT2D eigenvalue weighted by Crippen LogP contribution is -1.62. The van der Waals surface area contributed by atoms with E-state index >= 15 is 0 Å². The van der Waals surface area contributed by atoms with Gasteiger partial charge in [0.2, 0.25) is 0 Å². The number of hydrogen-bond acceptors (Lipinski definition) is 3. The maximum Gasteiger partial charge on any atom is 0.133 e. The summed E-state index contributed by atoms with van der Waals surface area (Å²) in [6.07, 6.45) is 0. The molecule has 2 nitrogen and oxygen atoms in total. The molecule has 0 unspecified atom stereocenters. The molecule has 2 aromatic rings. The molecule has 0 saturated carbocycles. The van der Waals surface area contributed by atoms with Crippen LogP contribution in [0.4, 0.5) is 0 Å². The summed E-state index contributed by atoms with van der Waals surface area (Å²) in [7, 11) is 0. The van der Waals surface area contributed by atoms with E-state index in [-0.39, 0.29) is 5.75 Å². The first-order valence-electron chi connectivity index (χ1n) is 3.43. The van der Waals surface area contributed by atoms with E-state index in [1.54, 1.807) is 18.2 Å². The van der Waals surface area contributed by atoms with Crippen LogP contribution in [0.1, 0.15) is 4.88 Å². The van der Waals surface area contributed by atoms with Gasteiger partial charge in [-0.3, -0.25) is 0 Å². The minimum atomic E-state index is 0.249. The van der Waals surface area contributed by atoms with E-state index < -0.39 is 0 Å². The van der Waals surface area contributed by atoms with Crippen LogP contribution in [0.25, 0.3) is 10.1 Å². The Bertz CT molecular complexity index is 467. The largest absolute Gasteiger partial charge is 0.506 e. The highest BCUT2D eigenvalue weighted by Crippen LogP contribution is 2.31. The number of thiophene rings is 1. The van der Waals surface area contributed by atoms with Crippen LogP contribution in [0.15, 0.2) is 24.3 Å². The SMILES string of the molecule is N#Cc1cc2cccc(O)c2s1. The van der Waals surface area contributed by atoms with Gasteiger partial charge in [-0.25, -0.2) is 0 Å². The van der Waals surface area contributed by atoms with Gasteiger partial charge in [-0.15, -0.1) is 11.3 Å². The predicted octanol–water partition coefficient (Wildman–Crippen LogP) is 2.48. The molecule has 0 aliphatic carbocycles. The van der Waals surface area contributed by atoms with Crippen LogP contribution >= 0.6 is 11.3 Å². The zero-order valence-corrected chi connectivity index (χ0v) is 6.93. The molecule has 2 rings (SSSR count). The van der Waals surface area contributed by atoms with Gasteiger partial charge in [0.1, 0.15) is 16.7 Å². The number of benzene rings is 1. The molecule has 0 spiro atoms. The monoisotopic (exact) mass is 175 g/mol. The van der Waals surface area contributed by atoms with Crippen LogP contribution in [0.3, 0.4) is 0 Å². The van der Waals surface area contributed by atoms with Gasteiger partial charge < -0.3 is 5.11 Å². The minimum Gasteiger partial charge on any atom is -0.506 e. The van der Waals surface area contributed by atoms with Gasteiger partial charge in [0, 0.05) is 0 Å². The maximum absolute atomic E-state index is 9.38. The van der Waals surface area contributed by atoms with Gasteiger partial charge in [0.15, 0.2) is 0 Å². The van der Waals surface area contributed by atoms with Crippen molar-refractivity contribution in [3.05, 3.63) is 29.1 Å². The fourth-order valence-corrected chi connectivity index (χ4v) is 1.97. The van der Waals surface area contributed by atoms with Crippen molar-refractivity contribution in [2.24, 2.45) is 0 Å². The van der Waals surface area contributed by atoms with E-state index in [4.69, 9.17) is 5.26 Å². The average molecular weight is 175 g/mol. The van der Waals surface area contributed by atoms with Crippen molar-refractivity contribution in [1.82, 2.24) is 0 Å². The number of fused-ring (bicyclic) bond motifs is 1. The van der Waals surface area contributed by atoms with Crippen molar-refractivity contribution in [3.63, 3.8) is 0 Å². The second kappa shape index (κ2) is 2.50. The van der Waals surface area contributed by atoms with E-state index in [9.17, 15) is 5.11 Å². The molecule has 12 heavy (non-hydrogen) atoms. The highest BCUT2D eigenvalue weighted by Gasteiger charge is 2.03. The first-order chi connectivity index (χ1) is 5.81. The van der Waals surface area contributed by atoms with E-state index in [0.29, 0.717) is 4.88 Å². The van der Waals surface area contributed by atoms with Gasteiger partial charge in [-0.1, -0.05) is 12.1 Å². The van der Waals surface area contributed by atoms with E-state index in [2.05, 4.69) is 6.07 Å². The summed E-state index contributed by atoms with van der Waals surface area (Å²) in [5.41, 5.74) is 0. The molecule has 1 N–H and O–H groups in total. The third-order valence-corrected chi connectivity index (χ3v) is 2.71. The van der Waals surface area contributed by atoms with Crippen molar-refractivity contribution in [2.75, 3.05) is 0 Å². The smallest absolute Gasteiger partial charge is 0.133 e. The summed E-state index contributed by atoms with van der Waals surface area (Å²) in [5.74, 6) is 0.249. The molecule has 1 aromatic heterocycles. The molecule has 0 aliphatic rings. The number of nitriles is 1. The van der Waals surface area contributed by atoms with Crippen LogP contribution in [-0.4, -0.2) is 5.11 Å². The molecule has 1 heterocycles. The minimum absolute atomic E-state index is 0.249. The maximum atomic E-state index is 9.38. The second-order valence-corrected chi connectivity index (χ2v) is 3.47. The summed E-state index contributed by atoms with van der Waals surface area (Å²) in [5, 5.41) is 18.9. The van der Waals surface area contributed by atoms with Crippen LogP contribution < -0.4 is 0 Å². The van der Waals surface area contributed by atoms with Gasteiger partial charge in [-0.2, -0.15) is 5.26 Å². The summed E-state index contributed by atoms with van der Waals surface area (Å²) >= 11 is 1.31. The van der Waals surface area contributed by atoms with Crippen LogP contribution in [0.5, 0.6) is 5.75 Å². The number of phenolic OH excluding ortho intramolecular Hbond substituents is 1. The highest BCUT2D eigenvalue weighted by atomic mass is 32.1. The van der Waals surface area contributed by atoms with Crippen LogP contribution in [0.2, 0.25) is 0 Å². The molecule has 0 bridgehead atoms. The lowest BCUT2D eigenvalue weighted by Gasteiger charge is -1.90. The Balaban J connectivity index is 2.85.